The van der Waals surface area contributed by atoms with Gasteiger partial charge in [0, 0.05) is 29.9 Å². The summed E-state index contributed by atoms with van der Waals surface area (Å²) in [4.78, 5) is 2.72. The van der Waals surface area contributed by atoms with E-state index in [1.165, 1.54) is 0 Å². The first-order valence-corrected chi connectivity index (χ1v) is 11.8. The molecule has 29 heavy (non-hydrogen) atoms. The zero-order chi connectivity index (χ0) is 21.1. The molecule has 1 aliphatic carbocycles. The first-order chi connectivity index (χ1) is 13.7. The standard InChI is InChI=1S/C22H27F2N3OSi/c1-21(2,3)29(19-10-6-4-7-11-19,20-12-8-5-9-13-20)28-16-17-14-18(26-27-25)15-22(17,23)24/h4-13,17-18H,14-16H2,1-3H3/t17-,18-/m0/s1. The third-order valence-corrected chi connectivity index (χ3v) is 10.8. The lowest BCUT2D eigenvalue weighted by Gasteiger charge is -2.43. The topological polar surface area (TPSA) is 58.0 Å². The molecule has 0 saturated heterocycles. The Hall–Kier alpha value is -2.21. The van der Waals surface area contributed by atoms with Crippen molar-refractivity contribution in [2.45, 2.75) is 50.6 Å². The van der Waals surface area contributed by atoms with Crippen LogP contribution in [0.25, 0.3) is 10.4 Å². The van der Waals surface area contributed by atoms with Crippen LogP contribution in [0.4, 0.5) is 8.78 Å². The van der Waals surface area contributed by atoms with Crippen LogP contribution < -0.4 is 10.4 Å². The SMILES string of the molecule is CC(C)(C)[Si](OC[C@@H]1C[C@H](N=[N+]=[N-])CC1(F)F)(c1ccccc1)c1ccccc1. The summed E-state index contributed by atoms with van der Waals surface area (Å²) in [6.45, 7) is 6.30. The Morgan fingerprint density at radius 3 is 2.03 bits per heavy atom. The van der Waals surface area contributed by atoms with Gasteiger partial charge < -0.3 is 4.43 Å². The molecule has 0 aliphatic heterocycles. The summed E-state index contributed by atoms with van der Waals surface area (Å²) in [5, 5.41) is 5.39. The van der Waals surface area contributed by atoms with Gasteiger partial charge in [-0.1, -0.05) is 86.5 Å². The second-order valence-corrected chi connectivity index (χ2v) is 13.0. The van der Waals surface area contributed by atoms with Crippen LogP contribution in [-0.2, 0) is 4.43 Å². The molecule has 4 nitrogen and oxygen atoms in total. The van der Waals surface area contributed by atoms with Crippen molar-refractivity contribution in [1.29, 1.82) is 0 Å². The number of hydrogen-bond donors (Lipinski definition) is 0. The second-order valence-electron chi connectivity index (χ2n) is 8.73. The molecule has 2 aromatic carbocycles. The number of rotatable bonds is 6. The van der Waals surface area contributed by atoms with E-state index in [1.54, 1.807) is 0 Å². The van der Waals surface area contributed by atoms with Gasteiger partial charge in [-0.3, -0.25) is 0 Å². The van der Waals surface area contributed by atoms with Crippen molar-refractivity contribution in [3.8, 4) is 0 Å². The van der Waals surface area contributed by atoms with E-state index in [4.69, 9.17) is 9.96 Å². The molecule has 0 N–H and O–H groups in total. The van der Waals surface area contributed by atoms with Gasteiger partial charge in [0.1, 0.15) is 0 Å². The molecule has 2 aromatic rings. The van der Waals surface area contributed by atoms with Crippen molar-refractivity contribution in [3.05, 3.63) is 71.1 Å². The second kappa shape index (κ2) is 8.26. The minimum atomic E-state index is -2.90. The summed E-state index contributed by atoms with van der Waals surface area (Å²) in [6.07, 6.45) is -0.263. The predicted molar refractivity (Wildman–Crippen MR) is 114 cm³/mol. The fourth-order valence-corrected chi connectivity index (χ4v) is 9.01. The Kier molecular flexibility index (Phi) is 6.12. The van der Waals surface area contributed by atoms with Crippen LogP contribution in [0, 0.1) is 5.92 Å². The summed E-state index contributed by atoms with van der Waals surface area (Å²) in [7, 11) is -2.86. The Labute approximate surface area is 171 Å². The molecular weight excluding hydrogens is 388 g/mol. The van der Waals surface area contributed by atoms with Gasteiger partial charge in [0.05, 0.1) is 0 Å². The van der Waals surface area contributed by atoms with Crippen molar-refractivity contribution in [2.75, 3.05) is 6.61 Å². The van der Waals surface area contributed by atoms with Gasteiger partial charge in [0.25, 0.3) is 14.2 Å². The first kappa shape index (κ1) is 21.5. The minimum Gasteiger partial charge on any atom is -0.407 e. The number of alkyl halides is 2. The van der Waals surface area contributed by atoms with E-state index in [1.807, 2.05) is 60.7 Å². The van der Waals surface area contributed by atoms with Gasteiger partial charge >= 0.3 is 0 Å². The molecular formula is C22H27F2N3OSi. The van der Waals surface area contributed by atoms with Crippen molar-refractivity contribution < 1.29 is 13.2 Å². The van der Waals surface area contributed by atoms with Gasteiger partial charge in [-0.05, 0) is 27.4 Å². The monoisotopic (exact) mass is 415 g/mol. The van der Waals surface area contributed by atoms with Crippen LogP contribution >= 0.6 is 0 Å². The largest absolute Gasteiger partial charge is 0.407 e. The van der Waals surface area contributed by atoms with E-state index < -0.39 is 32.6 Å². The molecule has 0 spiro atoms. The Bertz CT molecular complexity index is 825. The number of hydrogen-bond acceptors (Lipinski definition) is 2. The van der Waals surface area contributed by atoms with E-state index in [0.717, 1.165) is 10.4 Å². The summed E-state index contributed by atoms with van der Waals surface area (Å²) >= 11 is 0. The lowest BCUT2D eigenvalue weighted by Crippen LogP contribution is -2.67. The number of benzene rings is 2. The molecule has 1 aliphatic rings. The maximum atomic E-state index is 14.6. The Morgan fingerprint density at radius 2 is 1.59 bits per heavy atom. The summed E-state index contributed by atoms with van der Waals surface area (Å²) in [5.74, 6) is -3.86. The zero-order valence-corrected chi connectivity index (χ0v) is 18.1. The molecule has 1 fully saturated rings. The van der Waals surface area contributed by atoms with Crippen LogP contribution in [0.1, 0.15) is 33.6 Å². The zero-order valence-electron chi connectivity index (χ0n) is 17.1. The Morgan fingerprint density at radius 1 is 1.07 bits per heavy atom. The molecule has 0 bridgehead atoms. The predicted octanol–water partition coefficient (Wildman–Crippen LogP) is 5.29. The van der Waals surface area contributed by atoms with Crippen molar-refractivity contribution in [3.63, 3.8) is 0 Å². The van der Waals surface area contributed by atoms with Gasteiger partial charge in [-0.25, -0.2) is 8.78 Å². The van der Waals surface area contributed by atoms with E-state index in [9.17, 15) is 8.78 Å². The van der Waals surface area contributed by atoms with E-state index >= 15 is 0 Å². The molecule has 0 amide bonds. The van der Waals surface area contributed by atoms with Crippen LogP contribution in [0.15, 0.2) is 65.8 Å². The number of halogens is 2. The lowest BCUT2D eigenvalue weighted by atomic mass is 10.1. The van der Waals surface area contributed by atoms with Crippen LogP contribution in [0.5, 0.6) is 0 Å². The number of azide groups is 1. The van der Waals surface area contributed by atoms with Gasteiger partial charge in [-0.15, -0.1) is 0 Å². The molecule has 154 valence electrons. The van der Waals surface area contributed by atoms with E-state index in [2.05, 4.69) is 30.8 Å². The van der Waals surface area contributed by atoms with Gasteiger partial charge in [0.2, 0.25) is 0 Å². The molecule has 3 rings (SSSR count). The van der Waals surface area contributed by atoms with Gasteiger partial charge in [-0.2, -0.15) is 0 Å². The molecule has 2 atom stereocenters. The maximum Gasteiger partial charge on any atom is 0.261 e. The molecule has 0 unspecified atom stereocenters. The van der Waals surface area contributed by atoms with Crippen molar-refractivity contribution in [2.24, 2.45) is 11.0 Å². The first-order valence-electron chi connectivity index (χ1n) is 9.88. The smallest absolute Gasteiger partial charge is 0.261 e. The van der Waals surface area contributed by atoms with Crippen molar-refractivity contribution in [1.82, 2.24) is 0 Å². The van der Waals surface area contributed by atoms with E-state index in [0.29, 0.717) is 0 Å². The third kappa shape index (κ3) is 4.22. The summed E-state index contributed by atoms with van der Waals surface area (Å²) in [6, 6.07) is 19.3. The summed E-state index contributed by atoms with van der Waals surface area (Å²) in [5.41, 5.74) is 8.64. The summed E-state index contributed by atoms with van der Waals surface area (Å²) < 4.78 is 35.9. The maximum absolute atomic E-state index is 14.6. The normalized spacial score (nSPS) is 21.6. The van der Waals surface area contributed by atoms with Crippen LogP contribution in [0.3, 0.4) is 0 Å². The molecule has 0 aromatic heterocycles. The quantitative estimate of drug-likeness (QED) is 0.274. The highest BCUT2D eigenvalue weighted by Gasteiger charge is 2.53. The molecule has 0 heterocycles. The Balaban J connectivity index is 2.02. The fraction of sp³-hybridized carbons (Fsp3) is 0.455. The molecule has 7 heteroatoms. The lowest BCUT2D eigenvalue weighted by molar-refractivity contribution is -0.0521. The molecule has 0 radical (unpaired) electrons. The average Bonchev–Trinajstić information content (AvgIpc) is 2.96. The highest BCUT2D eigenvalue weighted by atomic mass is 28.4. The highest BCUT2D eigenvalue weighted by Crippen LogP contribution is 2.44. The number of nitrogens with zero attached hydrogens (tertiary/aromatic N) is 3. The third-order valence-electron chi connectivity index (χ3n) is 5.79. The highest BCUT2D eigenvalue weighted by molar-refractivity contribution is 6.99. The van der Waals surface area contributed by atoms with Crippen molar-refractivity contribution >= 4 is 18.7 Å². The molecule has 1 saturated carbocycles. The van der Waals surface area contributed by atoms with Crippen LogP contribution in [-0.4, -0.2) is 26.9 Å². The van der Waals surface area contributed by atoms with E-state index in [-0.39, 0.29) is 18.1 Å². The average molecular weight is 416 g/mol. The van der Waals surface area contributed by atoms with Gasteiger partial charge in [0.15, 0.2) is 0 Å². The minimum absolute atomic E-state index is 0.0578. The van der Waals surface area contributed by atoms with Crippen LogP contribution in [0.2, 0.25) is 5.04 Å². The fourth-order valence-electron chi connectivity index (χ4n) is 4.40.